The maximum absolute atomic E-state index is 13.3. The molecule has 0 spiro atoms. The average molecular weight is 352 g/mol. The molecule has 0 aromatic heterocycles. The van der Waals surface area contributed by atoms with Crippen LogP contribution in [-0.2, 0) is 9.53 Å². The van der Waals surface area contributed by atoms with E-state index in [2.05, 4.69) is 4.74 Å². The number of hydrogen-bond acceptors (Lipinski definition) is 4. The Kier molecular flexibility index (Phi) is 4.12. The zero-order chi connectivity index (χ0) is 17.4. The first-order chi connectivity index (χ1) is 10.6. The van der Waals surface area contributed by atoms with Gasteiger partial charge in [0.2, 0.25) is 0 Å². The highest BCUT2D eigenvalue weighted by atomic mass is 35.5. The van der Waals surface area contributed by atoms with E-state index in [1.165, 1.54) is 34.9 Å². The van der Waals surface area contributed by atoms with E-state index in [1.807, 2.05) is 0 Å². The molecule has 11 heteroatoms. The van der Waals surface area contributed by atoms with Gasteiger partial charge in [-0.25, -0.2) is 14.5 Å². The van der Waals surface area contributed by atoms with Gasteiger partial charge < -0.3 is 4.74 Å². The zero-order valence-electron chi connectivity index (χ0n) is 11.4. The number of benzene rings is 1. The second-order valence-corrected chi connectivity index (χ2v) is 4.85. The largest absolute Gasteiger partial charge is 0.453 e. The normalized spacial score (nSPS) is 21.2. The van der Waals surface area contributed by atoms with Gasteiger partial charge >= 0.3 is 18.3 Å². The van der Waals surface area contributed by atoms with E-state index in [9.17, 15) is 27.6 Å². The Morgan fingerprint density at radius 3 is 2.35 bits per heavy atom. The third-order valence-corrected chi connectivity index (χ3v) is 3.26. The van der Waals surface area contributed by atoms with Crippen molar-refractivity contribution in [2.24, 2.45) is 0 Å². The molecule has 0 radical (unpaired) electrons. The first-order valence-corrected chi connectivity index (χ1v) is 6.35. The Balaban J connectivity index is 2.47. The van der Waals surface area contributed by atoms with Gasteiger partial charge in [0, 0.05) is 5.02 Å². The molecule has 1 fully saturated rings. The Labute approximate surface area is 132 Å². The summed E-state index contributed by atoms with van der Waals surface area (Å²) in [4.78, 5) is 35.5. The molecule has 1 aromatic carbocycles. The monoisotopic (exact) mass is 351 g/mol. The van der Waals surface area contributed by atoms with Gasteiger partial charge in [0.05, 0.1) is 12.8 Å². The number of alkyl carbamates (subject to hydrolysis) is 1. The van der Waals surface area contributed by atoms with Gasteiger partial charge in [-0.05, 0) is 24.3 Å². The molecule has 0 aliphatic carbocycles. The number of amides is 4. The Hall–Kier alpha value is -2.49. The van der Waals surface area contributed by atoms with Gasteiger partial charge in [-0.3, -0.25) is 15.4 Å². The van der Waals surface area contributed by atoms with Crippen molar-refractivity contribution in [3.63, 3.8) is 0 Å². The molecule has 1 heterocycles. The highest BCUT2D eigenvalue weighted by Gasteiger charge is 2.69. The van der Waals surface area contributed by atoms with Crippen molar-refractivity contribution in [3.05, 3.63) is 29.3 Å². The minimum Gasteiger partial charge on any atom is -0.453 e. The molecule has 2 rings (SSSR count). The number of alkyl halides is 3. The Morgan fingerprint density at radius 2 is 1.87 bits per heavy atom. The molecule has 124 valence electrons. The number of hydrogen-bond donors (Lipinski definition) is 2. The van der Waals surface area contributed by atoms with Gasteiger partial charge in [0.1, 0.15) is 0 Å². The van der Waals surface area contributed by atoms with E-state index in [-0.39, 0.29) is 15.6 Å². The van der Waals surface area contributed by atoms with Gasteiger partial charge in [-0.1, -0.05) is 11.6 Å². The molecule has 7 nitrogen and oxygen atoms in total. The van der Waals surface area contributed by atoms with Crippen LogP contribution in [0.1, 0.15) is 0 Å². The molecule has 1 aliphatic heterocycles. The fourth-order valence-electron chi connectivity index (χ4n) is 1.91. The van der Waals surface area contributed by atoms with Crippen LogP contribution in [-0.4, -0.2) is 37.0 Å². The summed E-state index contributed by atoms with van der Waals surface area (Å²) in [5, 5.41) is 3.05. The lowest BCUT2D eigenvalue weighted by Gasteiger charge is -2.29. The van der Waals surface area contributed by atoms with E-state index in [0.717, 1.165) is 7.11 Å². The molecule has 0 bridgehead atoms. The van der Waals surface area contributed by atoms with Crippen LogP contribution in [0.5, 0.6) is 0 Å². The maximum Gasteiger partial charge on any atom is 0.440 e. The lowest BCUT2D eigenvalue weighted by Crippen LogP contribution is -2.69. The fourth-order valence-corrected chi connectivity index (χ4v) is 2.03. The quantitative estimate of drug-likeness (QED) is 0.798. The molecular weight excluding hydrogens is 343 g/mol. The van der Waals surface area contributed by atoms with Crippen molar-refractivity contribution in [2.45, 2.75) is 11.8 Å². The summed E-state index contributed by atoms with van der Waals surface area (Å²) in [6.07, 6.45) is -6.83. The van der Waals surface area contributed by atoms with Crippen LogP contribution in [0, 0.1) is 0 Å². The van der Waals surface area contributed by atoms with Crippen LogP contribution in [0.25, 0.3) is 0 Å². The standard InChI is InChI=1S/C12H9ClF3N3O4/c1-23-10(22)18-11(12(14,15)16)8(20)19(9(21)17-11)7-4-2-6(13)3-5-7/h2-5H,1H3,(H,17,21)(H,18,22). The summed E-state index contributed by atoms with van der Waals surface area (Å²) >= 11 is 5.65. The SMILES string of the molecule is COC(=O)NC1(C(F)(F)F)NC(=O)N(c2ccc(Cl)cc2)C1=O. The molecule has 0 saturated carbocycles. The molecule has 23 heavy (non-hydrogen) atoms. The lowest BCUT2D eigenvalue weighted by molar-refractivity contribution is -0.197. The first kappa shape index (κ1) is 16.9. The highest BCUT2D eigenvalue weighted by Crippen LogP contribution is 2.36. The fraction of sp³-hybridized carbons (Fsp3) is 0.250. The minimum absolute atomic E-state index is 0.144. The zero-order valence-corrected chi connectivity index (χ0v) is 12.2. The molecule has 4 amide bonds. The van der Waals surface area contributed by atoms with Gasteiger partial charge in [0.25, 0.3) is 11.6 Å². The second-order valence-electron chi connectivity index (χ2n) is 4.41. The first-order valence-electron chi connectivity index (χ1n) is 5.97. The molecule has 2 N–H and O–H groups in total. The summed E-state index contributed by atoms with van der Waals surface area (Å²) in [7, 11) is 0.817. The number of anilines is 1. The highest BCUT2D eigenvalue weighted by molar-refractivity contribution is 6.31. The Bertz CT molecular complexity index is 665. The van der Waals surface area contributed by atoms with Crippen molar-refractivity contribution < 1.29 is 32.3 Å². The molecule has 1 aliphatic rings. The summed E-state index contributed by atoms with van der Waals surface area (Å²) < 4.78 is 44.1. The van der Waals surface area contributed by atoms with E-state index < -0.39 is 29.9 Å². The van der Waals surface area contributed by atoms with Crippen LogP contribution in [0.3, 0.4) is 0 Å². The number of methoxy groups -OCH3 is 1. The summed E-state index contributed by atoms with van der Waals surface area (Å²) in [6, 6.07) is 3.60. The third-order valence-electron chi connectivity index (χ3n) is 3.01. The third kappa shape index (κ3) is 2.77. The molecule has 1 saturated heterocycles. The predicted octanol–water partition coefficient (Wildman–Crippen LogP) is 2.01. The number of imide groups is 1. The number of rotatable bonds is 2. The van der Waals surface area contributed by atoms with Crippen molar-refractivity contribution in [1.29, 1.82) is 0 Å². The smallest absolute Gasteiger partial charge is 0.440 e. The van der Waals surface area contributed by atoms with Crippen LogP contribution in [0.15, 0.2) is 24.3 Å². The number of urea groups is 1. The number of carbonyl (C=O) groups excluding carboxylic acids is 3. The molecule has 1 aromatic rings. The van der Waals surface area contributed by atoms with E-state index in [1.54, 1.807) is 0 Å². The van der Waals surface area contributed by atoms with E-state index in [0.29, 0.717) is 0 Å². The van der Waals surface area contributed by atoms with E-state index in [4.69, 9.17) is 11.6 Å². The second kappa shape index (κ2) is 5.61. The Morgan fingerprint density at radius 1 is 1.30 bits per heavy atom. The minimum atomic E-state index is -5.30. The number of halogens is 4. The van der Waals surface area contributed by atoms with Crippen LogP contribution >= 0.6 is 11.6 Å². The molecular formula is C12H9ClF3N3O4. The lowest BCUT2D eigenvalue weighted by atomic mass is 10.1. The number of ether oxygens (including phenoxy) is 1. The number of carbonyl (C=O) groups is 3. The van der Waals surface area contributed by atoms with Crippen molar-refractivity contribution in [2.75, 3.05) is 12.0 Å². The van der Waals surface area contributed by atoms with Crippen LogP contribution in [0.4, 0.5) is 28.4 Å². The number of nitrogens with one attached hydrogen (secondary N) is 2. The van der Waals surface area contributed by atoms with Crippen molar-refractivity contribution >= 4 is 35.3 Å². The summed E-state index contributed by atoms with van der Waals surface area (Å²) in [5.74, 6) is -1.72. The van der Waals surface area contributed by atoms with Gasteiger partial charge in [-0.2, -0.15) is 13.2 Å². The topological polar surface area (TPSA) is 87.7 Å². The molecule has 1 unspecified atom stereocenters. The van der Waals surface area contributed by atoms with Gasteiger partial charge in [0.15, 0.2) is 0 Å². The summed E-state index contributed by atoms with van der Waals surface area (Å²) in [6.45, 7) is 0. The maximum atomic E-state index is 13.3. The van der Waals surface area contributed by atoms with Crippen LogP contribution in [0.2, 0.25) is 5.02 Å². The summed E-state index contributed by atoms with van der Waals surface area (Å²) in [5.41, 5.74) is -3.76. The predicted molar refractivity (Wildman–Crippen MR) is 71.8 cm³/mol. The van der Waals surface area contributed by atoms with Crippen LogP contribution < -0.4 is 15.5 Å². The molecule has 1 atom stereocenters. The number of nitrogens with zero attached hydrogens (tertiary/aromatic N) is 1. The van der Waals surface area contributed by atoms with E-state index >= 15 is 0 Å². The van der Waals surface area contributed by atoms with Crippen molar-refractivity contribution in [3.8, 4) is 0 Å². The van der Waals surface area contributed by atoms with Gasteiger partial charge in [-0.15, -0.1) is 0 Å². The average Bonchev–Trinajstić information content (AvgIpc) is 2.71. The van der Waals surface area contributed by atoms with Crippen molar-refractivity contribution in [1.82, 2.24) is 10.6 Å².